The Hall–Kier alpha value is -4.60. The molecule has 1 aromatic heterocycles. The molecule has 1 aliphatic heterocycles. The molecule has 1 aliphatic carbocycles. The second kappa shape index (κ2) is 12.2. The van der Waals surface area contributed by atoms with Crippen LogP contribution in [0.2, 0.25) is 0 Å². The summed E-state index contributed by atoms with van der Waals surface area (Å²) in [6.45, 7) is -2.63. The van der Waals surface area contributed by atoms with Crippen molar-refractivity contribution < 1.29 is 59.6 Å². The van der Waals surface area contributed by atoms with Crippen LogP contribution in [0.4, 0.5) is 30.7 Å². The second-order valence-electron chi connectivity index (χ2n) is 11.4. The van der Waals surface area contributed by atoms with Crippen LogP contribution in [0.3, 0.4) is 0 Å². The van der Waals surface area contributed by atoms with E-state index in [2.05, 4.69) is 10.3 Å². The van der Waals surface area contributed by atoms with Gasteiger partial charge in [0.25, 0.3) is 5.91 Å². The number of benzene rings is 2. The van der Waals surface area contributed by atoms with E-state index in [1.54, 1.807) is 5.32 Å². The van der Waals surface area contributed by atoms with Crippen molar-refractivity contribution in [3.8, 4) is 28.5 Å². The predicted molar refractivity (Wildman–Crippen MR) is 150 cm³/mol. The third-order valence-corrected chi connectivity index (χ3v) is 7.78. The van der Waals surface area contributed by atoms with Crippen molar-refractivity contribution in [3.63, 3.8) is 0 Å². The third-order valence-electron chi connectivity index (χ3n) is 7.78. The molecule has 2 aromatic carbocycles. The lowest BCUT2D eigenvalue weighted by molar-refractivity contribution is -0.265. The summed E-state index contributed by atoms with van der Waals surface area (Å²) in [6.07, 6.45) is -8.61. The number of nitrogens with zero attached hydrogens (tertiary/aromatic N) is 1. The van der Waals surface area contributed by atoms with Gasteiger partial charge in [0.15, 0.2) is 11.5 Å². The number of amides is 2. The number of rotatable bonds is 10. The van der Waals surface area contributed by atoms with Gasteiger partial charge in [0.1, 0.15) is 35.8 Å². The highest BCUT2D eigenvalue weighted by atomic mass is 19.4. The average Bonchev–Trinajstić information content (AvgIpc) is 3.77. The van der Waals surface area contributed by atoms with Gasteiger partial charge in [-0.25, -0.2) is 9.37 Å². The van der Waals surface area contributed by atoms with E-state index in [9.17, 15) is 45.4 Å². The summed E-state index contributed by atoms with van der Waals surface area (Å²) in [4.78, 5) is 30.0. The van der Waals surface area contributed by atoms with E-state index in [0.29, 0.717) is 11.8 Å². The minimum atomic E-state index is -5.49. The van der Waals surface area contributed by atoms with Crippen LogP contribution in [0.5, 0.6) is 17.2 Å². The summed E-state index contributed by atoms with van der Waals surface area (Å²) in [5.74, 6) is -2.70. The lowest BCUT2D eigenvalue weighted by Crippen LogP contribution is -2.52. The molecular weight excluding hydrogens is 643 g/mol. The summed E-state index contributed by atoms with van der Waals surface area (Å²) >= 11 is 0. The average molecular weight is 672 g/mol. The van der Waals surface area contributed by atoms with Gasteiger partial charge in [-0.3, -0.25) is 9.59 Å². The summed E-state index contributed by atoms with van der Waals surface area (Å²) in [5.41, 5.74) is -7.73. The van der Waals surface area contributed by atoms with E-state index in [-0.39, 0.29) is 40.0 Å². The molecule has 16 heteroatoms. The number of aliphatic hydroxyl groups is 1. The fourth-order valence-electron chi connectivity index (χ4n) is 4.88. The molecule has 0 bridgehead atoms. The number of hydrogen-bond acceptors (Lipinski definition) is 7. The van der Waals surface area contributed by atoms with Gasteiger partial charge >= 0.3 is 12.4 Å². The van der Waals surface area contributed by atoms with Crippen LogP contribution in [0, 0.1) is 5.82 Å². The van der Waals surface area contributed by atoms with Gasteiger partial charge in [-0.2, -0.15) is 26.3 Å². The van der Waals surface area contributed by atoms with E-state index in [0.717, 1.165) is 44.0 Å². The Bertz CT molecular complexity index is 1680. The normalized spacial score (nSPS) is 18.9. The molecular formula is C31H28F7N3O6. The standard InChI is InChI=1S/C31H28F7N3O6/c1-28(27(43)40-14-30(33,34)35)15-46-25-20(28)12-23(41-24(25)16-3-6-18(32)7-4-16)29(44,31(36,37)38)13-39-26(42)17-5-10-21(22(11-17)45-2)47-19-8-9-19/h3-7,10-12,19,44H,8-9,13-15H2,1-2H3,(H,39,42)(H,40,43)/t28-,29-/m0/s1. The van der Waals surface area contributed by atoms with Gasteiger partial charge in [0.05, 0.1) is 25.5 Å². The molecule has 2 atom stereocenters. The van der Waals surface area contributed by atoms with Gasteiger partial charge in [-0.15, -0.1) is 0 Å². The minimum Gasteiger partial charge on any atom is -0.493 e. The molecule has 2 aliphatic rings. The number of halogens is 7. The lowest BCUT2D eigenvalue weighted by Gasteiger charge is -2.31. The Morgan fingerprint density at radius 1 is 1.00 bits per heavy atom. The van der Waals surface area contributed by atoms with E-state index >= 15 is 0 Å². The number of alkyl halides is 6. The summed E-state index contributed by atoms with van der Waals surface area (Å²) in [7, 11) is 1.32. The maximum atomic E-state index is 14.7. The molecule has 0 unspecified atom stereocenters. The summed E-state index contributed by atoms with van der Waals surface area (Å²) in [5, 5.41) is 15.0. The van der Waals surface area contributed by atoms with Crippen molar-refractivity contribution in [1.82, 2.24) is 15.6 Å². The minimum absolute atomic E-state index is 0.00652. The first kappa shape index (κ1) is 33.8. The van der Waals surface area contributed by atoms with Crippen molar-refractivity contribution in [2.45, 2.75) is 49.2 Å². The lowest BCUT2D eigenvalue weighted by atomic mass is 9.81. The number of pyridine rings is 1. The summed E-state index contributed by atoms with van der Waals surface area (Å²) in [6, 6.07) is 8.94. The van der Waals surface area contributed by atoms with E-state index < -0.39 is 66.4 Å². The first-order chi connectivity index (χ1) is 21.9. The maximum Gasteiger partial charge on any atom is 0.424 e. The monoisotopic (exact) mass is 671 g/mol. The molecule has 3 N–H and O–H groups in total. The van der Waals surface area contributed by atoms with E-state index in [4.69, 9.17) is 14.2 Å². The smallest absolute Gasteiger partial charge is 0.424 e. The van der Waals surface area contributed by atoms with Crippen molar-refractivity contribution in [2.75, 3.05) is 26.8 Å². The van der Waals surface area contributed by atoms with Crippen LogP contribution in [-0.4, -0.2) is 67.2 Å². The largest absolute Gasteiger partial charge is 0.493 e. The van der Waals surface area contributed by atoms with Gasteiger partial charge in [-0.1, -0.05) is 0 Å². The molecule has 1 fully saturated rings. The Balaban J connectivity index is 1.53. The molecule has 5 rings (SSSR count). The topological polar surface area (TPSA) is 119 Å². The molecule has 2 amide bonds. The molecule has 2 heterocycles. The Labute approximate surface area is 263 Å². The fourth-order valence-corrected chi connectivity index (χ4v) is 4.88. The van der Waals surface area contributed by atoms with Gasteiger partial charge < -0.3 is 30.0 Å². The first-order valence-electron chi connectivity index (χ1n) is 14.2. The Morgan fingerprint density at radius 3 is 2.28 bits per heavy atom. The third kappa shape index (κ3) is 6.92. The molecule has 1 saturated carbocycles. The first-order valence-corrected chi connectivity index (χ1v) is 14.2. The van der Waals surface area contributed by atoms with Crippen molar-refractivity contribution >= 4 is 11.8 Å². The highest BCUT2D eigenvalue weighted by Crippen LogP contribution is 2.48. The number of carbonyl (C=O) groups excluding carboxylic acids is 2. The van der Waals surface area contributed by atoms with Crippen LogP contribution >= 0.6 is 0 Å². The molecule has 252 valence electrons. The van der Waals surface area contributed by atoms with E-state index in [1.165, 1.54) is 25.3 Å². The number of nitrogens with one attached hydrogen (secondary N) is 2. The number of carbonyl (C=O) groups is 2. The zero-order valence-corrected chi connectivity index (χ0v) is 24.8. The molecule has 47 heavy (non-hydrogen) atoms. The molecule has 0 spiro atoms. The highest BCUT2D eigenvalue weighted by molar-refractivity contribution is 5.95. The summed E-state index contributed by atoms with van der Waals surface area (Å²) < 4.78 is 113. The quantitative estimate of drug-likeness (QED) is 0.261. The van der Waals surface area contributed by atoms with Gasteiger partial charge in [0, 0.05) is 16.7 Å². The predicted octanol–water partition coefficient (Wildman–Crippen LogP) is 4.95. The second-order valence-corrected chi connectivity index (χ2v) is 11.4. The molecule has 0 radical (unpaired) electrons. The number of fused-ring (bicyclic) bond motifs is 1. The molecule has 9 nitrogen and oxygen atoms in total. The van der Waals surface area contributed by atoms with Crippen LogP contribution in [0.25, 0.3) is 11.3 Å². The van der Waals surface area contributed by atoms with Crippen molar-refractivity contribution in [3.05, 3.63) is 71.2 Å². The number of aromatic nitrogens is 1. The fraction of sp³-hybridized carbons (Fsp3) is 0.387. The number of hydrogen-bond donors (Lipinski definition) is 3. The zero-order valence-electron chi connectivity index (χ0n) is 24.8. The zero-order chi connectivity index (χ0) is 34.4. The van der Waals surface area contributed by atoms with Crippen LogP contribution in [-0.2, 0) is 15.8 Å². The molecule has 3 aromatic rings. The molecule has 0 saturated heterocycles. The number of ether oxygens (including phenoxy) is 3. The van der Waals surface area contributed by atoms with Crippen LogP contribution in [0.1, 0.15) is 41.4 Å². The Kier molecular flexibility index (Phi) is 8.77. The van der Waals surface area contributed by atoms with Crippen molar-refractivity contribution in [2.24, 2.45) is 0 Å². The van der Waals surface area contributed by atoms with Gasteiger partial charge in [-0.05, 0) is 68.3 Å². The Morgan fingerprint density at radius 2 is 1.68 bits per heavy atom. The SMILES string of the molecule is COc1cc(C(=O)NC[C@](O)(c2cc3c(c(-c4ccc(F)cc4)n2)OC[C@]3(C)C(=O)NCC(F)(F)F)C(F)(F)F)ccc1OC1CC1. The van der Waals surface area contributed by atoms with E-state index in [1.807, 2.05) is 0 Å². The van der Waals surface area contributed by atoms with Crippen LogP contribution < -0.4 is 24.8 Å². The van der Waals surface area contributed by atoms with Crippen molar-refractivity contribution in [1.29, 1.82) is 0 Å². The highest BCUT2D eigenvalue weighted by Gasteiger charge is 2.58. The maximum absolute atomic E-state index is 14.7. The number of methoxy groups -OCH3 is 1. The van der Waals surface area contributed by atoms with Crippen LogP contribution in [0.15, 0.2) is 48.5 Å². The van der Waals surface area contributed by atoms with Gasteiger partial charge in [0.2, 0.25) is 11.5 Å².